The highest BCUT2D eigenvalue weighted by atomic mass is 16.2. The predicted molar refractivity (Wildman–Crippen MR) is 82.0 cm³/mol. The molecule has 5 heteroatoms. The van der Waals surface area contributed by atoms with Gasteiger partial charge in [-0.2, -0.15) is 0 Å². The van der Waals surface area contributed by atoms with Crippen molar-refractivity contribution < 1.29 is 4.79 Å². The summed E-state index contributed by atoms with van der Waals surface area (Å²) in [5, 5.41) is 0. The third kappa shape index (κ3) is 3.64. The number of nitrogens with zero attached hydrogens (tertiary/aromatic N) is 4. The van der Waals surface area contributed by atoms with Crippen LogP contribution in [0.15, 0.2) is 12.4 Å². The third-order valence-corrected chi connectivity index (χ3v) is 4.72. The highest BCUT2D eigenvalue weighted by Gasteiger charge is 2.22. The standard InChI is InChI=1S/C16H26N4O/c1-18(13-16(21)19-8-3-2-4-9-19)11-14-5-6-15-17-7-10-20(15)12-14/h7,10,14H,2-6,8-9,11-13H2,1H3/t14-/m1/s1. The molecule has 0 bridgehead atoms. The van der Waals surface area contributed by atoms with Crippen LogP contribution in [-0.4, -0.2) is 58.5 Å². The largest absolute Gasteiger partial charge is 0.342 e. The summed E-state index contributed by atoms with van der Waals surface area (Å²) in [6, 6.07) is 0. The molecule has 2 aliphatic heterocycles. The summed E-state index contributed by atoms with van der Waals surface area (Å²) in [6.07, 6.45) is 9.81. The van der Waals surface area contributed by atoms with Gasteiger partial charge in [-0.3, -0.25) is 9.69 Å². The van der Waals surface area contributed by atoms with Crippen LogP contribution in [0.1, 0.15) is 31.5 Å². The highest BCUT2D eigenvalue weighted by molar-refractivity contribution is 5.78. The van der Waals surface area contributed by atoms with E-state index in [-0.39, 0.29) is 0 Å². The molecule has 1 aromatic heterocycles. The summed E-state index contributed by atoms with van der Waals surface area (Å²) in [5.74, 6) is 2.14. The van der Waals surface area contributed by atoms with Gasteiger partial charge in [0.15, 0.2) is 0 Å². The first kappa shape index (κ1) is 14.6. The zero-order valence-corrected chi connectivity index (χ0v) is 13.0. The molecule has 21 heavy (non-hydrogen) atoms. The molecule has 3 heterocycles. The number of hydrogen-bond acceptors (Lipinski definition) is 3. The van der Waals surface area contributed by atoms with Crippen molar-refractivity contribution in [3.8, 4) is 0 Å². The fraction of sp³-hybridized carbons (Fsp3) is 0.750. The van der Waals surface area contributed by atoms with Crippen molar-refractivity contribution in [2.24, 2.45) is 5.92 Å². The lowest BCUT2D eigenvalue weighted by atomic mass is 9.99. The van der Waals surface area contributed by atoms with Crippen LogP contribution in [0.25, 0.3) is 0 Å². The van der Waals surface area contributed by atoms with Crippen LogP contribution in [0.2, 0.25) is 0 Å². The van der Waals surface area contributed by atoms with Crippen molar-refractivity contribution in [3.63, 3.8) is 0 Å². The van der Waals surface area contributed by atoms with Gasteiger partial charge in [0.1, 0.15) is 5.82 Å². The molecule has 1 amide bonds. The molecule has 1 saturated heterocycles. The Labute approximate surface area is 126 Å². The van der Waals surface area contributed by atoms with E-state index in [0.29, 0.717) is 18.4 Å². The van der Waals surface area contributed by atoms with Gasteiger partial charge in [-0.25, -0.2) is 4.98 Å². The molecule has 0 N–H and O–H groups in total. The van der Waals surface area contributed by atoms with E-state index in [1.165, 1.54) is 31.5 Å². The Morgan fingerprint density at radius 2 is 2.19 bits per heavy atom. The number of likely N-dealkylation sites (tertiary alicyclic amines) is 1. The van der Waals surface area contributed by atoms with Gasteiger partial charge in [-0.15, -0.1) is 0 Å². The van der Waals surface area contributed by atoms with Crippen LogP contribution in [0.4, 0.5) is 0 Å². The van der Waals surface area contributed by atoms with Gasteiger partial charge in [-0.1, -0.05) is 0 Å². The van der Waals surface area contributed by atoms with E-state index in [0.717, 1.165) is 32.6 Å². The number of likely N-dealkylation sites (N-methyl/N-ethyl adjacent to an activating group) is 1. The highest BCUT2D eigenvalue weighted by Crippen LogP contribution is 2.19. The van der Waals surface area contributed by atoms with E-state index in [1.807, 2.05) is 11.1 Å². The van der Waals surface area contributed by atoms with E-state index >= 15 is 0 Å². The Morgan fingerprint density at radius 3 is 3.00 bits per heavy atom. The quantitative estimate of drug-likeness (QED) is 0.841. The lowest BCUT2D eigenvalue weighted by molar-refractivity contribution is -0.133. The molecular formula is C16H26N4O. The van der Waals surface area contributed by atoms with Gasteiger partial charge >= 0.3 is 0 Å². The van der Waals surface area contributed by atoms with Crippen LogP contribution in [0, 0.1) is 5.92 Å². The van der Waals surface area contributed by atoms with Crippen molar-refractivity contribution in [1.29, 1.82) is 0 Å². The monoisotopic (exact) mass is 290 g/mol. The molecule has 0 radical (unpaired) electrons. The van der Waals surface area contributed by atoms with Crippen LogP contribution < -0.4 is 0 Å². The molecule has 1 atom stereocenters. The minimum absolute atomic E-state index is 0.302. The minimum atomic E-state index is 0.302. The van der Waals surface area contributed by atoms with Crippen molar-refractivity contribution in [3.05, 3.63) is 18.2 Å². The molecule has 0 spiro atoms. The molecule has 3 rings (SSSR count). The van der Waals surface area contributed by atoms with Crippen molar-refractivity contribution in [2.45, 2.75) is 38.6 Å². The molecule has 0 saturated carbocycles. The predicted octanol–water partition coefficient (Wildman–Crippen LogP) is 1.39. The Morgan fingerprint density at radius 1 is 1.38 bits per heavy atom. The van der Waals surface area contributed by atoms with Gasteiger partial charge < -0.3 is 9.47 Å². The molecule has 1 aromatic rings. The number of carbonyl (C=O) groups excluding carboxylic acids is 1. The lowest BCUT2D eigenvalue weighted by Gasteiger charge is -2.31. The summed E-state index contributed by atoms with van der Waals surface area (Å²) in [5.41, 5.74) is 0. The number of aromatic nitrogens is 2. The number of hydrogen-bond donors (Lipinski definition) is 0. The number of piperidine rings is 1. The lowest BCUT2D eigenvalue weighted by Crippen LogP contribution is -2.43. The van der Waals surface area contributed by atoms with Crippen LogP contribution in [-0.2, 0) is 17.8 Å². The van der Waals surface area contributed by atoms with Crippen LogP contribution in [0.3, 0.4) is 0 Å². The number of aryl methyl sites for hydroxylation is 1. The second-order valence-electron chi connectivity index (χ2n) is 6.54. The minimum Gasteiger partial charge on any atom is -0.342 e. The second kappa shape index (κ2) is 6.60. The Bertz CT molecular complexity index is 478. The maximum atomic E-state index is 12.3. The number of amides is 1. The van der Waals surface area contributed by atoms with Crippen LogP contribution >= 0.6 is 0 Å². The normalized spacial score (nSPS) is 22.4. The first-order chi connectivity index (χ1) is 10.2. The van der Waals surface area contributed by atoms with Gasteiger partial charge in [0.25, 0.3) is 0 Å². The fourth-order valence-electron chi connectivity index (χ4n) is 3.57. The first-order valence-corrected chi connectivity index (χ1v) is 8.18. The Balaban J connectivity index is 1.46. The topological polar surface area (TPSA) is 41.4 Å². The maximum Gasteiger partial charge on any atom is 0.236 e. The molecule has 1 fully saturated rings. The fourth-order valence-corrected chi connectivity index (χ4v) is 3.57. The summed E-state index contributed by atoms with van der Waals surface area (Å²) < 4.78 is 2.26. The summed E-state index contributed by atoms with van der Waals surface area (Å²) in [7, 11) is 2.07. The molecule has 116 valence electrons. The molecule has 0 aromatic carbocycles. The van der Waals surface area contributed by atoms with Gasteiger partial charge in [0.05, 0.1) is 6.54 Å². The molecular weight excluding hydrogens is 264 g/mol. The maximum absolute atomic E-state index is 12.3. The van der Waals surface area contributed by atoms with Gasteiger partial charge in [0, 0.05) is 45.0 Å². The Kier molecular flexibility index (Phi) is 4.58. The van der Waals surface area contributed by atoms with E-state index in [1.54, 1.807) is 0 Å². The smallest absolute Gasteiger partial charge is 0.236 e. The van der Waals surface area contributed by atoms with E-state index in [9.17, 15) is 4.79 Å². The first-order valence-electron chi connectivity index (χ1n) is 8.18. The third-order valence-electron chi connectivity index (χ3n) is 4.72. The zero-order valence-electron chi connectivity index (χ0n) is 13.0. The Hall–Kier alpha value is -1.36. The van der Waals surface area contributed by atoms with Crippen molar-refractivity contribution in [1.82, 2.24) is 19.4 Å². The van der Waals surface area contributed by atoms with Crippen molar-refractivity contribution in [2.75, 3.05) is 33.2 Å². The average molecular weight is 290 g/mol. The molecule has 0 unspecified atom stereocenters. The van der Waals surface area contributed by atoms with E-state index in [2.05, 4.69) is 27.7 Å². The van der Waals surface area contributed by atoms with Crippen LogP contribution in [0.5, 0.6) is 0 Å². The number of fused-ring (bicyclic) bond motifs is 1. The second-order valence-corrected chi connectivity index (χ2v) is 6.54. The number of imidazole rings is 1. The number of carbonyl (C=O) groups is 1. The van der Waals surface area contributed by atoms with Crippen molar-refractivity contribution >= 4 is 5.91 Å². The summed E-state index contributed by atoms with van der Waals surface area (Å²) >= 11 is 0. The molecule has 2 aliphatic rings. The number of rotatable bonds is 4. The average Bonchev–Trinajstić information content (AvgIpc) is 2.95. The van der Waals surface area contributed by atoms with E-state index in [4.69, 9.17) is 0 Å². The van der Waals surface area contributed by atoms with E-state index < -0.39 is 0 Å². The molecule has 0 aliphatic carbocycles. The summed E-state index contributed by atoms with van der Waals surface area (Å²) in [4.78, 5) is 20.9. The van der Waals surface area contributed by atoms with Gasteiger partial charge in [-0.05, 0) is 38.6 Å². The zero-order chi connectivity index (χ0) is 14.7. The van der Waals surface area contributed by atoms with Gasteiger partial charge in [0.2, 0.25) is 5.91 Å². The summed E-state index contributed by atoms with van der Waals surface area (Å²) in [6.45, 7) is 4.51. The SMILES string of the molecule is CN(CC(=O)N1CCCCC1)C[C@H]1CCc2nccn2C1. The molecule has 5 nitrogen and oxygen atoms in total.